The molecule has 0 fully saturated rings. The SMILES string of the molecule is CC(C)N=Cc1cc(Br)cc(Br)c1O.CC(C)N=Cc1cc(Br)cc(Br)c1O.[Co]. The molecule has 2 rings (SSSR count). The number of hydrogen-bond acceptors (Lipinski definition) is 4. The van der Waals surface area contributed by atoms with E-state index in [1.54, 1.807) is 24.6 Å². The summed E-state index contributed by atoms with van der Waals surface area (Å²) in [5.41, 5.74) is 1.42. The molecule has 0 atom stereocenters. The Bertz CT molecular complexity index is 801. The van der Waals surface area contributed by atoms with Crippen molar-refractivity contribution in [1.82, 2.24) is 0 Å². The minimum Gasteiger partial charge on any atom is -0.506 e. The van der Waals surface area contributed by atoms with Crippen molar-refractivity contribution in [1.29, 1.82) is 0 Å². The van der Waals surface area contributed by atoms with Crippen LogP contribution in [0.15, 0.2) is 52.1 Å². The van der Waals surface area contributed by atoms with Crippen molar-refractivity contribution in [2.45, 2.75) is 39.8 Å². The maximum absolute atomic E-state index is 9.68. The van der Waals surface area contributed by atoms with E-state index in [1.807, 2.05) is 39.8 Å². The molecule has 2 aromatic carbocycles. The van der Waals surface area contributed by atoms with Crippen molar-refractivity contribution in [2.24, 2.45) is 9.98 Å². The van der Waals surface area contributed by atoms with Crippen molar-refractivity contribution in [3.8, 4) is 11.5 Å². The third kappa shape index (κ3) is 10.6. The number of aliphatic imine (C=N–C) groups is 2. The zero-order chi connectivity index (χ0) is 21.4. The van der Waals surface area contributed by atoms with Crippen LogP contribution in [-0.2, 0) is 16.8 Å². The Morgan fingerprint density at radius 1 is 0.690 bits per heavy atom. The number of phenolic OH excluding ortho intramolecular Hbond substituents is 2. The molecule has 0 aromatic heterocycles. The number of benzene rings is 2. The second-order valence-corrected chi connectivity index (χ2v) is 9.93. The van der Waals surface area contributed by atoms with Gasteiger partial charge in [-0.15, -0.1) is 0 Å². The minimum atomic E-state index is 0. The molecular formula is C20H22Br4CoN2O2. The first kappa shape index (κ1) is 28.8. The molecule has 0 saturated heterocycles. The Balaban J connectivity index is 0.000000523. The van der Waals surface area contributed by atoms with E-state index < -0.39 is 0 Å². The number of rotatable bonds is 4. The van der Waals surface area contributed by atoms with E-state index in [-0.39, 0.29) is 40.4 Å². The summed E-state index contributed by atoms with van der Waals surface area (Å²) in [6, 6.07) is 7.70. The molecule has 0 heterocycles. The van der Waals surface area contributed by atoms with Crippen LogP contribution in [0.2, 0.25) is 0 Å². The third-order valence-corrected chi connectivity index (χ3v) is 5.26. The van der Waals surface area contributed by atoms with E-state index in [0.717, 1.165) is 8.95 Å². The number of phenols is 2. The Labute approximate surface area is 216 Å². The molecule has 0 saturated carbocycles. The zero-order valence-corrected chi connectivity index (χ0v) is 23.6. The monoisotopic (exact) mass is 697 g/mol. The second-order valence-electron chi connectivity index (χ2n) is 6.39. The number of hydrogen-bond donors (Lipinski definition) is 2. The average Bonchev–Trinajstić information content (AvgIpc) is 2.59. The normalized spacial score (nSPS) is 11.1. The van der Waals surface area contributed by atoms with Crippen molar-refractivity contribution in [3.05, 3.63) is 53.3 Å². The van der Waals surface area contributed by atoms with Crippen LogP contribution < -0.4 is 0 Å². The van der Waals surface area contributed by atoms with Gasteiger partial charge in [0.1, 0.15) is 11.5 Å². The third-order valence-electron chi connectivity index (χ3n) is 3.14. The van der Waals surface area contributed by atoms with Crippen molar-refractivity contribution in [2.75, 3.05) is 0 Å². The Morgan fingerprint density at radius 2 is 1.00 bits per heavy atom. The van der Waals surface area contributed by atoms with Crippen LogP contribution in [0.5, 0.6) is 11.5 Å². The van der Waals surface area contributed by atoms with Gasteiger partial charge in [-0.3, -0.25) is 9.98 Å². The van der Waals surface area contributed by atoms with E-state index >= 15 is 0 Å². The van der Waals surface area contributed by atoms with Gasteiger partial charge in [0, 0.05) is 61.4 Å². The molecule has 0 bridgehead atoms. The van der Waals surface area contributed by atoms with E-state index in [0.29, 0.717) is 20.1 Å². The fraction of sp³-hybridized carbons (Fsp3) is 0.300. The molecule has 0 aliphatic rings. The van der Waals surface area contributed by atoms with E-state index in [2.05, 4.69) is 73.7 Å². The largest absolute Gasteiger partial charge is 0.506 e. The smallest absolute Gasteiger partial charge is 0.138 e. The van der Waals surface area contributed by atoms with Gasteiger partial charge in [0.25, 0.3) is 0 Å². The van der Waals surface area contributed by atoms with Gasteiger partial charge in [-0.1, -0.05) is 31.9 Å². The van der Waals surface area contributed by atoms with E-state index in [1.165, 1.54) is 0 Å². The average molecular weight is 701 g/mol. The molecule has 0 amide bonds. The summed E-state index contributed by atoms with van der Waals surface area (Å²) in [5, 5.41) is 19.4. The first-order valence-electron chi connectivity index (χ1n) is 8.43. The molecule has 1 radical (unpaired) electrons. The van der Waals surface area contributed by atoms with Crippen LogP contribution in [0, 0.1) is 0 Å². The molecule has 2 aromatic rings. The Hall–Kier alpha value is -0.194. The first-order valence-corrected chi connectivity index (χ1v) is 11.6. The summed E-state index contributed by atoms with van der Waals surface area (Å²) in [6.07, 6.45) is 3.35. The van der Waals surface area contributed by atoms with Crippen molar-refractivity contribution < 1.29 is 27.0 Å². The fourth-order valence-electron chi connectivity index (χ4n) is 1.83. The number of halogens is 4. The van der Waals surface area contributed by atoms with Crippen LogP contribution >= 0.6 is 63.7 Å². The van der Waals surface area contributed by atoms with E-state index in [9.17, 15) is 10.2 Å². The molecule has 161 valence electrons. The zero-order valence-electron chi connectivity index (χ0n) is 16.3. The molecule has 4 nitrogen and oxygen atoms in total. The second kappa shape index (κ2) is 14.0. The summed E-state index contributed by atoms with van der Waals surface area (Å²) in [7, 11) is 0. The summed E-state index contributed by atoms with van der Waals surface area (Å²) >= 11 is 13.2. The number of aromatic hydroxyl groups is 2. The maximum atomic E-state index is 9.68. The molecule has 0 aliphatic heterocycles. The van der Waals surface area contributed by atoms with Crippen LogP contribution in [0.3, 0.4) is 0 Å². The van der Waals surface area contributed by atoms with E-state index in [4.69, 9.17) is 0 Å². The van der Waals surface area contributed by atoms with Gasteiger partial charge in [-0.25, -0.2) is 0 Å². The van der Waals surface area contributed by atoms with Crippen molar-refractivity contribution in [3.63, 3.8) is 0 Å². The minimum absolute atomic E-state index is 0. The van der Waals surface area contributed by atoms with Gasteiger partial charge < -0.3 is 10.2 Å². The van der Waals surface area contributed by atoms with Crippen LogP contribution in [0.1, 0.15) is 38.8 Å². The van der Waals surface area contributed by atoms with Crippen LogP contribution in [-0.4, -0.2) is 34.7 Å². The van der Waals surface area contributed by atoms with Crippen LogP contribution in [0.25, 0.3) is 0 Å². The summed E-state index contributed by atoms with van der Waals surface area (Å²) in [5.74, 6) is 0.440. The predicted octanol–water partition coefficient (Wildman–Crippen LogP) is 7.49. The molecule has 0 unspecified atom stereocenters. The topological polar surface area (TPSA) is 65.2 Å². The quantitative estimate of drug-likeness (QED) is 0.325. The van der Waals surface area contributed by atoms with Gasteiger partial charge >= 0.3 is 0 Å². The molecular weight excluding hydrogens is 679 g/mol. The first-order chi connectivity index (χ1) is 13.0. The fourth-order valence-corrected chi connectivity index (χ4v) is 4.34. The Kier molecular flexibility index (Phi) is 13.9. The molecule has 29 heavy (non-hydrogen) atoms. The molecule has 0 spiro atoms. The van der Waals surface area contributed by atoms with Gasteiger partial charge in [-0.05, 0) is 83.8 Å². The standard InChI is InChI=1S/2C10H11Br2NO.Co/c2*1-6(2)13-5-7-3-8(11)4-9(12)10(7)14;/h2*3-6,14H,1-2H3;. The summed E-state index contributed by atoms with van der Waals surface area (Å²) < 4.78 is 3.15. The molecule has 2 N–H and O–H groups in total. The molecule has 9 heteroatoms. The van der Waals surface area contributed by atoms with Gasteiger partial charge in [0.05, 0.1) is 8.95 Å². The van der Waals surface area contributed by atoms with Gasteiger partial charge in [0.2, 0.25) is 0 Å². The van der Waals surface area contributed by atoms with Gasteiger partial charge in [-0.2, -0.15) is 0 Å². The summed E-state index contributed by atoms with van der Waals surface area (Å²) in [6.45, 7) is 7.95. The number of nitrogens with zero attached hydrogens (tertiary/aromatic N) is 2. The summed E-state index contributed by atoms with van der Waals surface area (Å²) in [4.78, 5) is 8.42. The molecule has 0 aliphatic carbocycles. The predicted molar refractivity (Wildman–Crippen MR) is 132 cm³/mol. The van der Waals surface area contributed by atoms with Crippen molar-refractivity contribution >= 4 is 76.1 Å². The maximum Gasteiger partial charge on any atom is 0.138 e. The van der Waals surface area contributed by atoms with Crippen LogP contribution in [0.4, 0.5) is 0 Å². The Morgan fingerprint density at radius 3 is 1.28 bits per heavy atom. The van der Waals surface area contributed by atoms with Gasteiger partial charge in [0.15, 0.2) is 0 Å².